The summed E-state index contributed by atoms with van der Waals surface area (Å²) in [5.41, 5.74) is 2.16. The van der Waals surface area contributed by atoms with E-state index in [1.165, 1.54) is 6.26 Å². The Morgan fingerprint density at radius 1 is 1.50 bits per heavy atom. The van der Waals surface area contributed by atoms with Crippen molar-refractivity contribution >= 4 is 11.8 Å². The van der Waals surface area contributed by atoms with E-state index in [0.717, 1.165) is 0 Å². The predicted octanol–water partition coefficient (Wildman–Crippen LogP) is 3.16. The van der Waals surface area contributed by atoms with E-state index >= 15 is 0 Å². The molecule has 102 valence electrons. The number of nitrogens with zero attached hydrogens (tertiary/aromatic N) is 2. The van der Waals surface area contributed by atoms with E-state index < -0.39 is 12.2 Å². The Hall–Kier alpha value is -2.81. The Kier molecular flexibility index (Phi) is 4.01. The molecule has 0 spiro atoms. The predicted molar refractivity (Wildman–Crippen MR) is 70.9 cm³/mol. The number of hydrogen-bond acceptors (Lipinski definition) is 5. The quantitative estimate of drug-likeness (QED) is 0.926. The lowest BCUT2D eigenvalue weighted by atomic mass is 10.0. The fourth-order valence-corrected chi connectivity index (χ4v) is 1.73. The number of hydrogen-bond donors (Lipinski definition) is 1. The minimum Gasteiger partial charge on any atom is -0.441 e. The van der Waals surface area contributed by atoms with Crippen LogP contribution in [0.15, 0.2) is 35.1 Å². The highest BCUT2D eigenvalue weighted by Crippen LogP contribution is 2.21. The topological polar surface area (TPSA) is 88.2 Å². The highest BCUT2D eigenvalue weighted by molar-refractivity contribution is 5.85. The normalized spacial score (nSPS) is 11.4. The summed E-state index contributed by atoms with van der Waals surface area (Å²) < 4.78 is 9.95. The van der Waals surface area contributed by atoms with Gasteiger partial charge in [0.1, 0.15) is 23.7 Å². The molecule has 1 N–H and O–H groups in total. The number of carbonyl (C=O) groups is 1. The molecule has 0 aliphatic carbocycles. The average Bonchev–Trinajstić information content (AvgIpc) is 2.84. The molecule has 1 aromatic carbocycles. The van der Waals surface area contributed by atoms with Crippen molar-refractivity contribution in [3.63, 3.8) is 0 Å². The molecule has 0 saturated heterocycles. The lowest BCUT2D eigenvalue weighted by Gasteiger charge is -2.14. The third-order valence-corrected chi connectivity index (χ3v) is 2.79. The van der Waals surface area contributed by atoms with Gasteiger partial charge in [0.15, 0.2) is 0 Å². The monoisotopic (exact) mass is 271 g/mol. The van der Waals surface area contributed by atoms with E-state index in [1.54, 1.807) is 38.1 Å². The number of anilines is 1. The Balaban J connectivity index is 2.04. The molecule has 0 bridgehead atoms. The molecule has 1 amide bonds. The van der Waals surface area contributed by atoms with Crippen LogP contribution >= 0.6 is 0 Å². The molecule has 0 saturated carbocycles. The highest BCUT2D eigenvalue weighted by Gasteiger charge is 2.16. The summed E-state index contributed by atoms with van der Waals surface area (Å²) in [5.74, 6) is 0. The zero-order chi connectivity index (χ0) is 14.5. The van der Waals surface area contributed by atoms with Crippen molar-refractivity contribution in [2.45, 2.75) is 20.0 Å². The number of ether oxygens (including phenoxy) is 1. The summed E-state index contributed by atoms with van der Waals surface area (Å²) in [7, 11) is 0. The molecule has 0 aliphatic heterocycles. The molecule has 2 rings (SSSR count). The van der Waals surface area contributed by atoms with Crippen molar-refractivity contribution in [1.29, 1.82) is 5.26 Å². The van der Waals surface area contributed by atoms with Crippen LogP contribution in [0.1, 0.15) is 29.8 Å². The summed E-state index contributed by atoms with van der Waals surface area (Å²) in [5, 5.41) is 15.2. The highest BCUT2D eigenvalue weighted by atomic mass is 16.6. The van der Waals surface area contributed by atoms with Crippen molar-refractivity contribution in [3.05, 3.63) is 47.3 Å². The van der Waals surface area contributed by atoms with Crippen LogP contribution < -0.4 is 5.32 Å². The number of aromatic nitrogens is 1. The number of aryl methyl sites for hydroxylation is 1. The second-order valence-corrected chi connectivity index (χ2v) is 4.19. The molecule has 0 radical (unpaired) electrons. The molecule has 0 aliphatic rings. The van der Waals surface area contributed by atoms with Gasteiger partial charge in [-0.05, 0) is 19.9 Å². The Morgan fingerprint density at radius 2 is 2.25 bits per heavy atom. The first-order chi connectivity index (χ1) is 9.61. The van der Waals surface area contributed by atoms with Crippen LogP contribution in [-0.2, 0) is 4.74 Å². The maximum absolute atomic E-state index is 11.8. The van der Waals surface area contributed by atoms with E-state index in [-0.39, 0.29) is 0 Å². The Labute approximate surface area is 115 Å². The molecular weight excluding hydrogens is 258 g/mol. The minimum atomic E-state index is -0.628. The molecule has 1 heterocycles. The van der Waals surface area contributed by atoms with Crippen LogP contribution in [0.5, 0.6) is 0 Å². The molecule has 0 unspecified atom stereocenters. The number of nitriles is 1. The van der Waals surface area contributed by atoms with Crippen molar-refractivity contribution in [3.8, 4) is 6.07 Å². The van der Waals surface area contributed by atoms with Crippen LogP contribution in [0.3, 0.4) is 0 Å². The average molecular weight is 271 g/mol. The second kappa shape index (κ2) is 5.89. The summed E-state index contributed by atoms with van der Waals surface area (Å²) in [6.07, 6.45) is 0.160. The number of benzene rings is 1. The first-order valence-electron chi connectivity index (χ1n) is 5.99. The smallest absolute Gasteiger partial charge is 0.412 e. The van der Waals surface area contributed by atoms with Crippen LogP contribution in [0, 0.1) is 18.3 Å². The Bertz CT molecular complexity index is 658. The van der Waals surface area contributed by atoms with Gasteiger partial charge in [-0.2, -0.15) is 5.26 Å². The van der Waals surface area contributed by atoms with Crippen LogP contribution in [-0.4, -0.2) is 11.2 Å². The van der Waals surface area contributed by atoms with Crippen LogP contribution in [0.25, 0.3) is 0 Å². The van der Waals surface area contributed by atoms with Crippen molar-refractivity contribution in [2.24, 2.45) is 0 Å². The standard InChI is InChI=1S/C14H13N3O3/c1-9-13(8-19-17-9)16-14(18)20-10(2)12-6-4-3-5-11(12)7-15/h3-6,8,10H,1-2H3,(H,16,18)/t10-/m1/s1. The molecule has 1 atom stereocenters. The molecule has 6 nitrogen and oxygen atoms in total. The maximum atomic E-state index is 11.8. The van der Waals surface area contributed by atoms with Gasteiger partial charge in [-0.25, -0.2) is 4.79 Å². The van der Waals surface area contributed by atoms with Gasteiger partial charge in [-0.15, -0.1) is 0 Å². The van der Waals surface area contributed by atoms with Gasteiger partial charge >= 0.3 is 6.09 Å². The third-order valence-electron chi connectivity index (χ3n) is 2.79. The van der Waals surface area contributed by atoms with Gasteiger partial charge in [0.05, 0.1) is 11.6 Å². The van der Waals surface area contributed by atoms with Crippen molar-refractivity contribution in [2.75, 3.05) is 5.32 Å². The van der Waals surface area contributed by atoms with E-state index in [9.17, 15) is 4.79 Å². The molecule has 1 aromatic heterocycles. The summed E-state index contributed by atoms with van der Waals surface area (Å²) in [6, 6.07) is 9.05. The lowest BCUT2D eigenvalue weighted by molar-refractivity contribution is 0.121. The van der Waals surface area contributed by atoms with Gasteiger partial charge in [0.25, 0.3) is 0 Å². The van der Waals surface area contributed by atoms with Crippen molar-refractivity contribution < 1.29 is 14.1 Å². The number of amides is 1. The van der Waals surface area contributed by atoms with Crippen LogP contribution in [0.4, 0.5) is 10.5 Å². The summed E-state index contributed by atoms with van der Waals surface area (Å²) >= 11 is 0. The van der Waals surface area contributed by atoms with Gasteiger partial charge in [-0.1, -0.05) is 23.4 Å². The SMILES string of the molecule is Cc1nocc1NC(=O)O[C@H](C)c1ccccc1C#N. The zero-order valence-electron chi connectivity index (χ0n) is 11.1. The Morgan fingerprint density at radius 3 is 2.90 bits per heavy atom. The molecular formula is C14H13N3O3. The zero-order valence-corrected chi connectivity index (χ0v) is 11.1. The molecule has 20 heavy (non-hydrogen) atoms. The van der Waals surface area contributed by atoms with Gasteiger partial charge in [-0.3, -0.25) is 5.32 Å². The first-order valence-corrected chi connectivity index (χ1v) is 5.99. The van der Waals surface area contributed by atoms with Crippen LogP contribution in [0.2, 0.25) is 0 Å². The summed E-state index contributed by atoms with van der Waals surface area (Å²) in [6.45, 7) is 3.41. The molecule has 6 heteroatoms. The number of carbonyl (C=O) groups excluding carboxylic acids is 1. The maximum Gasteiger partial charge on any atom is 0.412 e. The van der Waals surface area contributed by atoms with Gasteiger partial charge in [0.2, 0.25) is 0 Å². The fourth-order valence-electron chi connectivity index (χ4n) is 1.73. The summed E-state index contributed by atoms with van der Waals surface area (Å²) in [4.78, 5) is 11.8. The number of rotatable bonds is 3. The second-order valence-electron chi connectivity index (χ2n) is 4.19. The van der Waals surface area contributed by atoms with E-state index in [4.69, 9.17) is 14.5 Å². The number of nitrogens with one attached hydrogen (secondary N) is 1. The van der Waals surface area contributed by atoms with Gasteiger partial charge < -0.3 is 9.26 Å². The first kappa shape index (κ1) is 13.6. The molecule has 2 aromatic rings. The van der Waals surface area contributed by atoms with Crippen molar-refractivity contribution in [1.82, 2.24) is 5.16 Å². The minimum absolute atomic E-state index is 0.454. The molecule has 0 fully saturated rings. The van der Waals surface area contributed by atoms with E-state index in [2.05, 4.69) is 16.5 Å². The third kappa shape index (κ3) is 2.95. The van der Waals surface area contributed by atoms with Gasteiger partial charge in [0, 0.05) is 5.56 Å². The van der Waals surface area contributed by atoms with E-state index in [1.807, 2.05) is 0 Å². The lowest BCUT2D eigenvalue weighted by Crippen LogP contribution is -2.16. The largest absolute Gasteiger partial charge is 0.441 e. The van der Waals surface area contributed by atoms with E-state index in [0.29, 0.717) is 22.5 Å². The fraction of sp³-hybridized carbons (Fsp3) is 0.214.